The normalized spacial score (nSPS) is 22.8. The number of carbonyl (C=O) groups is 1. The lowest BCUT2D eigenvalue weighted by Crippen LogP contribution is -2.21. The summed E-state index contributed by atoms with van der Waals surface area (Å²) in [6.45, 7) is 2.47. The first kappa shape index (κ1) is 12.9. The van der Waals surface area contributed by atoms with Crippen molar-refractivity contribution >= 4 is 11.6 Å². The highest BCUT2D eigenvalue weighted by Crippen LogP contribution is 2.29. The van der Waals surface area contributed by atoms with Crippen LogP contribution in [0.15, 0.2) is 24.3 Å². The zero-order chi connectivity index (χ0) is 13.0. The van der Waals surface area contributed by atoms with Gasteiger partial charge in [-0.25, -0.2) is 0 Å². The lowest BCUT2D eigenvalue weighted by molar-refractivity contribution is -0.119. The van der Waals surface area contributed by atoms with Gasteiger partial charge in [0, 0.05) is 5.92 Å². The van der Waals surface area contributed by atoms with Crippen LogP contribution in [0.3, 0.4) is 0 Å². The SMILES string of the molecule is CCOc1ccccc1NC(=O)[C@@H]1CC[C@H](O)C1. The first-order chi connectivity index (χ1) is 8.70. The number of nitrogens with one attached hydrogen (secondary N) is 1. The smallest absolute Gasteiger partial charge is 0.227 e. The molecule has 2 rings (SSSR count). The molecule has 98 valence electrons. The fourth-order valence-corrected chi connectivity index (χ4v) is 2.28. The molecule has 0 radical (unpaired) electrons. The number of rotatable bonds is 4. The highest BCUT2D eigenvalue weighted by atomic mass is 16.5. The Labute approximate surface area is 107 Å². The third-order valence-corrected chi connectivity index (χ3v) is 3.22. The molecule has 0 aliphatic heterocycles. The van der Waals surface area contributed by atoms with Gasteiger partial charge in [-0.3, -0.25) is 4.79 Å². The van der Waals surface area contributed by atoms with Crippen LogP contribution in [0.4, 0.5) is 5.69 Å². The van der Waals surface area contributed by atoms with E-state index in [2.05, 4.69) is 5.32 Å². The number of benzene rings is 1. The van der Waals surface area contributed by atoms with Gasteiger partial charge in [0.2, 0.25) is 5.91 Å². The van der Waals surface area contributed by atoms with Gasteiger partial charge >= 0.3 is 0 Å². The predicted octanol–water partition coefficient (Wildman–Crippen LogP) is 2.18. The van der Waals surface area contributed by atoms with Crippen LogP contribution >= 0.6 is 0 Å². The molecular weight excluding hydrogens is 230 g/mol. The molecule has 4 heteroatoms. The molecule has 0 unspecified atom stereocenters. The number of hydrogen-bond donors (Lipinski definition) is 2. The summed E-state index contributed by atoms with van der Waals surface area (Å²) in [5.41, 5.74) is 0.700. The van der Waals surface area contributed by atoms with Crippen molar-refractivity contribution in [3.63, 3.8) is 0 Å². The molecule has 0 spiro atoms. The molecule has 1 aromatic carbocycles. The van der Waals surface area contributed by atoms with E-state index < -0.39 is 0 Å². The Morgan fingerprint density at radius 3 is 2.89 bits per heavy atom. The summed E-state index contributed by atoms with van der Waals surface area (Å²) in [5, 5.41) is 12.3. The largest absolute Gasteiger partial charge is 0.492 e. The fourth-order valence-electron chi connectivity index (χ4n) is 2.28. The number of para-hydroxylation sites is 2. The van der Waals surface area contributed by atoms with E-state index in [9.17, 15) is 9.90 Å². The van der Waals surface area contributed by atoms with Crippen molar-refractivity contribution in [1.29, 1.82) is 0 Å². The molecule has 1 aliphatic rings. The van der Waals surface area contributed by atoms with Crippen LogP contribution in [0.5, 0.6) is 5.75 Å². The molecule has 0 heterocycles. The highest BCUT2D eigenvalue weighted by molar-refractivity contribution is 5.94. The third-order valence-electron chi connectivity index (χ3n) is 3.22. The number of aliphatic hydroxyl groups is 1. The van der Waals surface area contributed by atoms with Gasteiger partial charge in [0.15, 0.2) is 0 Å². The summed E-state index contributed by atoms with van der Waals surface area (Å²) in [6.07, 6.45) is 1.69. The maximum absolute atomic E-state index is 12.0. The summed E-state index contributed by atoms with van der Waals surface area (Å²) < 4.78 is 5.46. The number of ether oxygens (including phenoxy) is 1. The topological polar surface area (TPSA) is 58.6 Å². The number of aliphatic hydroxyl groups excluding tert-OH is 1. The van der Waals surface area contributed by atoms with Gasteiger partial charge in [0.25, 0.3) is 0 Å². The van der Waals surface area contributed by atoms with Gasteiger partial charge in [0.05, 0.1) is 18.4 Å². The highest BCUT2D eigenvalue weighted by Gasteiger charge is 2.28. The van der Waals surface area contributed by atoms with Gasteiger partial charge in [-0.2, -0.15) is 0 Å². The molecule has 4 nitrogen and oxygen atoms in total. The first-order valence-electron chi connectivity index (χ1n) is 6.41. The zero-order valence-electron chi connectivity index (χ0n) is 10.6. The Morgan fingerprint density at radius 2 is 2.22 bits per heavy atom. The minimum Gasteiger partial charge on any atom is -0.492 e. The molecule has 0 saturated heterocycles. The van der Waals surface area contributed by atoms with Gasteiger partial charge in [0.1, 0.15) is 5.75 Å². The van der Waals surface area contributed by atoms with Crippen molar-refractivity contribution in [1.82, 2.24) is 0 Å². The van der Waals surface area contributed by atoms with Gasteiger partial charge in [-0.15, -0.1) is 0 Å². The molecule has 1 fully saturated rings. The van der Waals surface area contributed by atoms with Crippen molar-refractivity contribution in [2.45, 2.75) is 32.3 Å². The van der Waals surface area contributed by atoms with E-state index in [4.69, 9.17) is 4.74 Å². The Hall–Kier alpha value is -1.55. The summed E-state index contributed by atoms with van der Waals surface area (Å²) in [5.74, 6) is 0.570. The lowest BCUT2D eigenvalue weighted by atomic mass is 10.1. The molecule has 0 aromatic heterocycles. The minimum atomic E-state index is -0.331. The Kier molecular flexibility index (Phi) is 4.20. The number of amides is 1. The van der Waals surface area contributed by atoms with E-state index in [1.54, 1.807) is 0 Å². The predicted molar refractivity (Wildman–Crippen MR) is 69.6 cm³/mol. The molecule has 18 heavy (non-hydrogen) atoms. The molecule has 2 atom stereocenters. The maximum Gasteiger partial charge on any atom is 0.227 e. The quantitative estimate of drug-likeness (QED) is 0.860. The summed E-state index contributed by atoms with van der Waals surface area (Å²) >= 11 is 0. The molecule has 1 saturated carbocycles. The van der Waals surface area contributed by atoms with Crippen LogP contribution in [0.25, 0.3) is 0 Å². The van der Waals surface area contributed by atoms with Crippen LogP contribution in [0.1, 0.15) is 26.2 Å². The molecule has 1 amide bonds. The standard InChI is InChI=1S/C14H19NO3/c1-2-18-13-6-4-3-5-12(13)15-14(17)10-7-8-11(16)9-10/h3-6,10-11,16H,2,7-9H2,1H3,(H,15,17)/t10-,11+/m1/s1. The van der Waals surface area contributed by atoms with Crippen molar-refractivity contribution in [3.8, 4) is 5.75 Å². The second kappa shape index (κ2) is 5.87. The van der Waals surface area contributed by atoms with Crippen molar-refractivity contribution in [2.24, 2.45) is 5.92 Å². The Balaban J connectivity index is 2.02. The molecule has 1 aromatic rings. The Morgan fingerprint density at radius 1 is 1.44 bits per heavy atom. The summed E-state index contributed by atoms with van der Waals surface area (Å²) in [6, 6.07) is 7.40. The molecular formula is C14H19NO3. The average Bonchev–Trinajstić information content (AvgIpc) is 2.79. The van der Waals surface area contributed by atoms with E-state index >= 15 is 0 Å². The van der Waals surface area contributed by atoms with E-state index in [0.29, 0.717) is 30.9 Å². The van der Waals surface area contributed by atoms with Crippen LogP contribution in [0, 0.1) is 5.92 Å². The van der Waals surface area contributed by atoms with Crippen LogP contribution in [-0.2, 0) is 4.79 Å². The van der Waals surface area contributed by atoms with Gasteiger partial charge in [-0.1, -0.05) is 12.1 Å². The van der Waals surface area contributed by atoms with Crippen LogP contribution < -0.4 is 10.1 Å². The van der Waals surface area contributed by atoms with Gasteiger partial charge < -0.3 is 15.2 Å². The van der Waals surface area contributed by atoms with Crippen molar-refractivity contribution in [2.75, 3.05) is 11.9 Å². The van der Waals surface area contributed by atoms with E-state index in [-0.39, 0.29) is 17.9 Å². The monoisotopic (exact) mass is 249 g/mol. The maximum atomic E-state index is 12.0. The summed E-state index contributed by atoms with van der Waals surface area (Å²) in [7, 11) is 0. The first-order valence-corrected chi connectivity index (χ1v) is 6.41. The van der Waals surface area contributed by atoms with Crippen LogP contribution in [0.2, 0.25) is 0 Å². The number of anilines is 1. The van der Waals surface area contributed by atoms with E-state index in [0.717, 1.165) is 6.42 Å². The third kappa shape index (κ3) is 3.01. The van der Waals surface area contributed by atoms with E-state index in [1.807, 2.05) is 31.2 Å². The lowest BCUT2D eigenvalue weighted by Gasteiger charge is -2.14. The van der Waals surface area contributed by atoms with Crippen LogP contribution in [-0.4, -0.2) is 23.7 Å². The average molecular weight is 249 g/mol. The van der Waals surface area contributed by atoms with Gasteiger partial charge in [-0.05, 0) is 38.3 Å². The second-order valence-electron chi connectivity index (χ2n) is 4.58. The molecule has 0 bridgehead atoms. The van der Waals surface area contributed by atoms with Crippen molar-refractivity contribution in [3.05, 3.63) is 24.3 Å². The molecule has 1 aliphatic carbocycles. The number of hydrogen-bond acceptors (Lipinski definition) is 3. The minimum absolute atomic E-state index is 0.0290. The van der Waals surface area contributed by atoms with E-state index in [1.165, 1.54) is 0 Å². The number of carbonyl (C=O) groups excluding carboxylic acids is 1. The Bertz CT molecular complexity index is 419. The fraction of sp³-hybridized carbons (Fsp3) is 0.500. The molecule has 2 N–H and O–H groups in total. The summed E-state index contributed by atoms with van der Waals surface area (Å²) in [4.78, 5) is 12.0. The zero-order valence-corrected chi connectivity index (χ0v) is 10.6. The van der Waals surface area contributed by atoms with Crippen molar-refractivity contribution < 1.29 is 14.6 Å². The second-order valence-corrected chi connectivity index (χ2v) is 4.58.